The molecule has 1 nitrogen and oxygen atoms in total. The molecule has 0 unspecified atom stereocenters. The lowest BCUT2D eigenvalue weighted by molar-refractivity contribution is 1.30. The van der Waals surface area contributed by atoms with Gasteiger partial charge in [-0.25, -0.2) is 0 Å². The van der Waals surface area contributed by atoms with Crippen LogP contribution in [-0.4, -0.2) is 0 Å². The number of anilines is 3. The van der Waals surface area contributed by atoms with Crippen molar-refractivity contribution in [1.82, 2.24) is 0 Å². The van der Waals surface area contributed by atoms with Gasteiger partial charge in [0.25, 0.3) is 0 Å². The van der Waals surface area contributed by atoms with Gasteiger partial charge in [0, 0.05) is 26.8 Å². The van der Waals surface area contributed by atoms with Gasteiger partial charge >= 0.3 is 0 Å². The van der Waals surface area contributed by atoms with Crippen LogP contribution in [0.5, 0.6) is 0 Å². The van der Waals surface area contributed by atoms with Crippen molar-refractivity contribution in [3.63, 3.8) is 0 Å². The smallest absolute Gasteiger partial charge is 0.0640 e. The summed E-state index contributed by atoms with van der Waals surface area (Å²) in [5.41, 5.74) is 13.1. The SMILES string of the molecule is c1ccc(-c2ccc(N(c3ccc(-c4cc(-c5ccccc5)cc(-c5ccccc5)c4)cc3)c3cccc4c3sc3ccccc34)cc2)cc1. The summed E-state index contributed by atoms with van der Waals surface area (Å²) in [6.07, 6.45) is 0. The molecule has 0 bridgehead atoms. The van der Waals surface area contributed by atoms with Crippen LogP contribution >= 0.6 is 11.3 Å². The van der Waals surface area contributed by atoms with E-state index >= 15 is 0 Å². The van der Waals surface area contributed by atoms with Crippen LogP contribution < -0.4 is 4.90 Å². The Morgan fingerprint density at radius 1 is 0.300 bits per heavy atom. The molecule has 0 aliphatic rings. The maximum absolute atomic E-state index is 2.41. The quantitative estimate of drug-likeness (QED) is 0.165. The van der Waals surface area contributed by atoms with Crippen LogP contribution in [0, 0.1) is 0 Å². The molecule has 0 radical (unpaired) electrons. The van der Waals surface area contributed by atoms with E-state index < -0.39 is 0 Å². The Morgan fingerprint density at radius 3 is 1.22 bits per heavy atom. The number of thiophene rings is 1. The lowest BCUT2D eigenvalue weighted by atomic mass is 9.93. The number of hydrogen-bond donors (Lipinski definition) is 0. The molecule has 1 aromatic heterocycles. The van der Waals surface area contributed by atoms with Crippen LogP contribution in [0.3, 0.4) is 0 Å². The van der Waals surface area contributed by atoms with Crippen LogP contribution in [0.15, 0.2) is 200 Å². The number of nitrogens with zero attached hydrogens (tertiary/aromatic N) is 1. The molecular formula is C48H33NS. The summed E-state index contributed by atoms with van der Waals surface area (Å²) >= 11 is 1.86. The molecule has 0 saturated heterocycles. The summed E-state index contributed by atoms with van der Waals surface area (Å²) < 4.78 is 2.59. The Balaban J connectivity index is 1.17. The van der Waals surface area contributed by atoms with Crippen molar-refractivity contribution in [2.75, 3.05) is 4.90 Å². The predicted molar refractivity (Wildman–Crippen MR) is 216 cm³/mol. The minimum absolute atomic E-state index is 1.12. The maximum Gasteiger partial charge on any atom is 0.0640 e. The first-order valence-electron chi connectivity index (χ1n) is 17.0. The summed E-state index contributed by atoms with van der Waals surface area (Å²) in [5, 5.41) is 2.59. The first kappa shape index (κ1) is 29.9. The molecule has 2 heteroatoms. The third kappa shape index (κ3) is 5.66. The Morgan fingerprint density at radius 2 is 0.700 bits per heavy atom. The third-order valence-electron chi connectivity index (χ3n) is 9.46. The molecule has 0 spiro atoms. The minimum Gasteiger partial charge on any atom is -0.309 e. The molecule has 9 aromatic rings. The summed E-state index contributed by atoms with van der Waals surface area (Å²) in [5.74, 6) is 0. The fourth-order valence-electron chi connectivity index (χ4n) is 6.96. The first-order chi connectivity index (χ1) is 24.8. The van der Waals surface area contributed by atoms with Gasteiger partial charge in [0.15, 0.2) is 0 Å². The maximum atomic E-state index is 2.41. The van der Waals surface area contributed by atoms with Crippen molar-refractivity contribution in [2.24, 2.45) is 0 Å². The second-order valence-corrected chi connectivity index (χ2v) is 13.6. The molecule has 0 aliphatic heterocycles. The van der Waals surface area contributed by atoms with Gasteiger partial charge in [-0.3, -0.25) is 0 Å². The van der Waals surface area contributed by atoms with E-state index in [0.717, 1.165) is 11.4 Å². The topological polar surface area (TPSA) is 3.24 Å². The Kier molecular flexibility index (Phi) is 7.77. The van der Waals surface area contributed by atoms with Crippen molar-refractivity contribution in [2.45, 2.75) is 0 Å². The van der Waals surface area contributed by atoms with E-state index in [1.165, 1.54) is 70.4 Å². The van der Waals surface area contributed by atoms with E-state index in [1.54, 1.807) is 0 Å². The fraction of sp³-hybridized carbons (Fsp3) is 0. The summed E-state index contributed by atoms with van der Waals surface area (Å²) in [6.45, 7) is 0. The lowest BCUT2D eigenvalue weighted by Crippen LogP contribution is -2.10. The second-order valence-electron chi connectivity index (χ2n) is 12.6. The Labute approximate surface area is 297 Å². The van der Waals surface area contributed by atoms with Gasteiger partial charge < -0.3 is 4.90 Å². The summed E-state index contributed by atoms with van der Waals surface area (Å²) in [4.78, 5) is 2.41. The van der Waals surface area contributed by atoms with E-state index in [4.69, 9.17) is 0 Å². The van der Waals surface area contributed by atoms with Crippen molar-refractivity contribution in [1.29, 1.82) is 0 Å². The van der Waals surface area contributed by atoms with Gasteiger partial charge in [0.2, 0.25) is 0 Å². The first-order valence-corrected chi connectivity index (χ1v) is 17.8. The van der Waals surface area contributed by atoms with Gasteiger partial charge in [-0.1, -0.05) is 146 Å². The molecule has 0 aliphatic carbocycles. The zero-order valence-electron chi connectivity index (χ0n) is 27.4. The molecule has 50 heavy (non-hydrogen) atoms. The normalized spacial score (nSPS) is 11.2. The third-order valence-corrected chi connectivity index (χ3v) is 10.7. The lowest BCUT2D eigenvalue weighted by Gasteiger charge is -2.26. The van der Waals surface area contributed by atoms with Crippen molar-refractivity contribution < 1.29 is 0 Å². The molecule has 1 heterocycles. The van der Waals surface area contributed by atoms with Crippen molar-refractivity contribution in [3.05, 3.63) is 200 Å². The fourth-order valence-corrected chi connectivity index (χ4v) is 8.17. The van der Waals surface area contributed by atoms with Crippen LogP contribution in [0.25, 0.3) is 64.7 Å². The molecular weight excluding hydrogens is 623 g/mol. The van der Waals surface area contributed by atoms with Gasteiger partial charge in [0.1, 0.15) is 0 Å². The predicted octanol–water partition coefficient (Wildman–Crippen LogP) is 14.2. The summed E-state index contributed by atoms with van der Waals surface area (Å²) in [6, 6.07) is 72.3. The standard InChI is InChI=1S/C48H33NS/c1-4-13-34(14-5-1)37-23-27-42(28-24-37)49(46-21-12-20-45-44-19-10-11-22-47(44)50-48(45)46)43-29-25-38(26-30-43)41-32-39(35-15-6-2-7-16-35)31-40(33-41)36-17-8-3-9-18-36/h1-33H. The highest BCUT2D eigenvalue weighted by molar-refractivity contribution is 7.26. The van der Waals surface area contributed by atoms with Gasteiger partial charge in [0.05, 0.1) is 10.4 Å². The van der Waals surface area contributed by atoms with Crippen LogP contribution in [0.4, 0.5) is 17.1 Å². The van der Waals surface area contributed by atoms with E-state index in [1.807, 2.05) is 11.3 Å². The van der Waals surface area contributed by atoms with Crippen LogP contribution in [0.2, 0.25) is 0 Å². The second kappa shape index (κ2) is 13.0. The van der Waals surface area contributed by atoms with E-state index in [0.29, 0.717) is 0 Å². The van der Waals surface area contributed by atoms with Crippen LogP contribution in [0.1, 0.15) is 0 Å². The highest BCUT2D eigenvalue weighted by Gasteiger charge is 2.18. The average Bonchev–Trinajstić information content (AvgIpc) is 3.59. The zero-order chi connectivity index (χ0) is 33.3. The zero-order valence-corrected chi connectivity index (χ0v) is 28.2. The molecule has 0 atom stereocenters. The molecule has 236 valence electrons. The van der Waals surface area contributed by atoms with Crippen molar-refractivity contribution >= 4 is 48.6 Å². The molecule has 8 aromatic carbocycles. The monoisotopic (exact) mass is 655 g/mol. The molecule has 9 rings (SSSR count). The van der Waals surface area contributed by atoms with Crippen molar-refractivity contribution in [3.8, 4) is 44.5 Å². The molecule has 0 N–H and O–H groups in total. The average molecular weight is 656 g/mol. The van der Waals surface area contributed by atoms with Crippen LogP contribution in [-0.2, 0) is 0 Å². The number of rotatable bonds is 7. The van der Waals surface area contributed by atoms with Gasteiger partial charge in [-0.15, -0.1) is 11.3 Å². The minimum atomic E-state index is 1.12. The highest BCUT2D eigenvalue weighted by Crippen LogP contribution is 2.45. The number of hydrogen-bond acceptors (Lipinski definition) is 2. The Bertz CT molecular complexity index is 2490. The molecule has 0 saturated carbocycles. The van der Waals surface area contributed by atoms with E-state index in [-0.39, 0.29) is 0 Å². The Hall–Kier alpha value is -6.22. The van der Waals surface area contributed by atoms with Gasteiger partial charge in [-0.2, -0.15) is 0 Å². The highest BCUT2D eigenvalue weighted by atomic mass is 32.1. The largest absolute Gasteiger partial charge is 0.309 e. The van der Waals surface area contributed by atoms with Gasteiger partial charge in [-0.05, 0) is 99.1 Å². The number of fused-ring (bicyclic) bond motifs is 3. The summed E-state index contributed by atoms with van der Waals surface area (Å²) in [7, 11) is 0. The number of benzene rings is 8. The molecule has 0 amide bonds. The van der Waals surface area contributed by atoms with E-state index in [2.05, 4.69) is 205 Å². The molecule has 0 fully saturated rings. The van der Waals surface area contributed by atoms with E-state index in [9.17, 15) is 0 Å².